The third-order valence-corrected chi connectivity index (χ3v) is 3.32. The number of guanidine groups is 1. The van der Waals surface area contributed by atoms with Crippen LogP contribution >= 0.6 is 24.0 Å². The Morgan fingerprint density at radius 2 is 2.17 bits per heavy atom. The molecule has 0 atom stereocenters. The minimum absolute atomic E-state index is 0. The van der Waals surface area contributed by atoms with Gasteiger partial charge in [0, 0.05) is 26.2 Å². The summed E-state index contributed by atoms with van der Waals surface area (Å²) in [5.74, 6) is 0.325. The minimum Gasteiger partial charge on any atom is -0.357 e. The van der Waals surface area contributed by atoms with Crippen LogP contribution in [0.25, 0.3) is 0 Å². The average molecular weight is 434 g/mol. The van der Waals surface area contributed by atoms with Gasteiger partial charge < -0.3 is 15.5 Å². The molecule has 0 spiro atoms. The molecule has 0 unspecified atom stereocenters. The molecule has 1 aliphatic rings. The topological polar surface area (TPSA) is 56.7 Å². The summed E-state index contributed by atoms with van der Waals surface area (Å²) in [5, 5.41) is 6.05. The van der Waals surface area contributed by atoms with Crippen LogP contribution in [0.1, 0.15) is 25.3 Å². The highest BCUT2D eigenvalue weighted by atomic mass is 127. The fourth-order valence-corrected chi connectivity index (χ4v) is 2.10. The lowest BCUT2D eigenvalue weighted by molar-refractivity contribution is -0.119. The summed E-state index contributed by atoms with van der Waals surface area (Å²) in [6.45, 7) is 3.30. The van der Waals surface area contributed by atoms with Crippen molar-refractivity contribution in [3.05, 3.63) is 35.6 Å². The van der Waals surface area contributed by atoms with Gasteiger partial charge in [-0.25, -0.2) is 9.38 Å². The number of nitrogens with one attached hydrogen (secondary N) is 2. The van der Waals surface area contributed by atoms with E-state index in [0.29, 0.717) is 25.1 Å². The lowest BCUT2D eigenvalue weighted by Crippen LogP contribution is -2.39. The normalized spacial score (nSPS) is 14.0. The molecule has 5 nitrogen and oxygen atoms in total. The van der Waals surface area contributed by atoms with Crippen LogP contribution in [-0.2, 0) is 11.3 Å². The van der Waals surface area contributed by atoms with E-state index in [-0.39, 0.29) is 42.2 Å². The number of hydrogen-bond donors (Lipinski definition) is 2. The molecule has 0 aromatic heterocycles. The maximum absolute atomic E-state index is 13.2. The highest BCUT2D eigenvalue weighted by Gasteiger charge is 2.22. The molecule has 0 saturated heterocycles. The van der Waals surface area contributed by atoms with E-state index < -0.39 is 0 Å². The van der Waals surface area contributed by atoms with E-state index in [9.17, 15) is 9.18 Å². The highest BCUT2D eigenvalue weighted by Crippen LogP contribution is 2.18. The Hall–Kier alpha value is -1.38. The zero-order valence-electron chi connectivity index (χ0n) is 13.5. The zero-order chi connectivity index (χ0) is 15.9. The van der Waals surface area contributed by atoms with E-state index in [1.165, 1.54) is 12.1 Å². The molecule has 0 heterocycles. The molecule has 1 aromatic carbocycles. The lowest BCUT2D eigenvalue weighted by atomic mass is 10.2. The van der Waals surface area contributed by atoms with Crippen molar-refractivity contribution in [1.82, 2.24) is 15.5 Å². The Bertz CT molecular complexity index is 549. The van der Waals surface area contributed by atoms with Crippen molar-refractivity contribution in [2.24, 2.45) is 4.99 Å². The molecule has 0 radical (unpaired) electrons. The van der Waals surface area contributed by atoms with E-state index in [1.54, 1.807) is 6.07 Å². The van der Waals surface area contributed by atoms with E-state index in [2.05, 4.69) is 15.6 Å². The summed E-state index contributed by atoms with van der Waals surface area (Å²) in [6.07, 6.45) is 2.13. The van der Waals surface area contributed by atoms with Gasteiger partial charge in [0.25, 0.3) is 0 Å². The summed E-state index contributed by atoms with van der Waals surface area (Å²) in [6, 6.07) is 6.81. The standard InChI is InChI=1S/C16H23FN4O.HI/c1-3-18-16(19-10-15(22)20-14-7-8-14)21(2)11-12-5-4-6-13(17)9-12;/h4-6,9,14H,3,7-8,10-11H2,1-2H3,(H,18,19)(H,20,22);1H. The van der Waals surface area contributed by atoms with Crippen LogP contribution in [0.5, 0.6) is 0 Å². The number of benzene rings is 1. The van der Waals surface area contributed by atoms with Gasteiger partial charge in [-0.15, -0.1) is 24.0 Å². The molecule has 1 amide bonds. The molecule has 1 saturated carbocycles. The second kappa shape index (κ2) is 9.69. The molecule has 0 aliphatic heterocycles. The summed E-state index contributed by atoms with van der Waals surface area (Å²) in [7, 11) is 1.87. The number of halogens is 2. The number of carbonyl (C=O) groups is 1. The maximum atomic E-state index is 13.2. The largest absolute Gasteiger partial charge is 0.357 e. The molecular formula is C16H24FIN4O. The van der Waals surface area contributed by atoms with E-state index in [0.717, 1.165) is 18.4 Å². The van der Waals surface area contributed by atoms with Crippen LogP contribution in [0.2, 0.25) is 0 Å². The second-order valence-corrected chi connectivity index (χ2v) is 5.50. The molecular weight excluding hydrogens is 410 g/mol. The van der Waals surface area contributed by atoms with E-state index in [4.69, 9.17) is 0 Å². The molecule has 1 fully saturated rings. The van der Waals surface area contributed by atoms with Crippen LogP contribution in [0, 0.1) is 5.82 Å². The van der Waals surface area contributed by atoms with Gasteiger partial charge >= 0.3 is 0 Å². The lowest BCUT2D eigenvalue weighted by Gasteiger charge is -2.22. The monoisotopic (exact) mass is 434 g/mol. The smallest absolute Gasteiger partial charge is 0.242 e. The van der Waals surface area contributed by atoms with Crippen molar-refractivity contribution in [3.63, 3.8) is 0 Å². The third-order valence-electron chi connectivity index (χ3n) is 3.32. The predicted octanol–water partition coefficient (Wildman–Crippen LogP) is 2.12. The fraction of sp³-hybridized carbons (Fsp3) is 0.500. The van der Waals surface area contributed by atoms with Crippen molar-refractivity contribution >= 4 is 35.8 Å². The first-order valence-corrected chi connectivity index (χ1v) is 7.61. The Balaban J connectivity index is 0.00000264. The van der Waals surface area contributed by atoms with Crippen molar-refractivity contribution in [2.45, 2.75) is 32.4 Å². The third kappa shape index (κ3) is 7.15. The van der Waals surface area contributed by atoms with Gasteiger partial charge in [0.2, 0.25) is 5.91 Å². The number of aliphatic imine (C=N–C) groups is 1. The van der Waals surface area contributed by atoms with Crippen LogP contribution in [0.15, 0.2) is 29.3 Å². The van der Waals surface area contributed by atoms with Crippen LogP contribution in [-0.4, -0.2) is 42.9 Å². The molecule has 128 valence electrons. The van der Waals surface area contributed by atoms with Gasteiger partial charge in [-0.1, -0.05) is 12.1 Å². The van der Waals surface area contributed by atoms with Crippen molar-refractivity contribution in [3.8, 4) is 0 Å². The Morgan fingerprint density at radius 3 is 2.78 bits per heavy atom. The predicted molar refractivity (Wildman–Crippen MR) is 100 cm³/mol. The highest BCUT2D eigenvalue weighted by molar-refractivity contribution is 14.0. The molecule has 0 bridgehead atoms. The van der Waals surface area contributed by atoms with Crippen LogP contribution in [0.4, 0.5) is 4.39 Å². The van der Waals surface area contributed by atoms with Crippen LogP contribution in [0.3, 0.4) is 0 Å². The van der Waals surface area contributed by atoms with Gasteiger partial charge in [-0.05, 0) is 37.5 Å². The van der Waals surface area contributed by atoms with Gasteiger partial charge in [-0.2, -0.15) is 0 Å². The second-order valence-electron chi connectivity index (χ2n) is 5.50. The number of rotatable bonds is 6. The SMILES string of the molecule is CCNC(=NCC(=O)NC1CC1)N(C)Cc1cccc(F)c1.I. The molecule has 1 aliphatic carbocycles. The molecule has 23 heavy (non-hydrogen) atoms. The van der Waals surface area contributed by atoms with Crippen molar-refractivity contribution < 1.29 is 9.18 Å². The van der Waals surface area contributed by atoms with E-state index >= 15 is 0 Å². The van der Waals surface area contributed by atoms with E-state index in [1.807, 2.05) is 24.9 Å². The fourth-order valence-electron chi connectivity index (χ4n) is 2.10. The Kier molecular flexibility index (Phi) is 8.29. The Labute approximate surface area is 153 Å². The quantitative estimate of drug-likeness (QED) is 0.410. The average Bonchev–Trinajstić information content (AvgIpc) is 3.27. The van der Waals surface area contributed by atoms with Gasteiger partial charge in [0.1, 0.15) is 12.4 Å². The number of amides is 1. The first-order chi connectivity index (χ1) is 10.6. The van der Waals surface area contributed by atoms with Gasteiger partial charge in [0.05, 0.1) is 0 Å². The molecule has 1 aromatic rings. The van der Waals surface area contributed by atoms with Crippen molar-refractivity contribution in [1.29, 1.82) is 0 Å². The molecule has 2 N–H and O–H groups in total. The van der Waals surface area contributed by atoms with Crippen molar-refractivity contribution in [2.75, 3.05) is 20.1 Å². The molecule has 7 heteroatoms. The van der Waals surface area contributed by atoms with Gasteiger partial charge in [0.15, 0.2) is 5.96 Å². The summed E-state index contributed by atoms with van der Waals surface area (Å²) in [4.78, 5) is 17.9. The number of carbonyl (C=O) groups excluding carboxylic acids is 1. The van der Waals surface area contributed by atoms with Gasteiger partial charge in [-0.3, -0.25) is 4.79 Å². The molecule has 2 rings (SSSR count). The number of hydrogen-bond acceptors (Lipinski definition) is 2. The number of nitrogens with zero attached hydrogens (tertiary/aromatic N) is 2. The zero-order valence-corrected chi connectivity index (χ0v) is 15.8. The first-order valence-electron chi connectivity index (χ1n) is 7.61. The summed E-state index contributed by atoms with van der Waals surface area (Å²) >= 11 is 0. The first kappa shape index (κ1) is 19.7. The minimum atomic E-state index is -0.253. The summed E-state index contributed by atoms with van der Waals surface area (Å²) in [5.41, 5.74) is 0.857. The Morgan fingerprint density at radius 1 is 1.43 bits per heavy atom. The summed E-state index contributed by atoms with van der Waals surface area (Å²) < 4.78 is 13.2. The maximum Gasteiger partial charge on any atom is 0.242 e. The van der Waals surface area contributed by atoms with Crippen LogP contribution < -0.4 is 10.6 Å².